The van der Waals surface area contributed by atoms with Crippen LogP contribution in [0.15, 0.2) is 152 Å². The molecule has 2 nitrogen and oxygen atoms in total. The number of fused-ring (bicyclic) bond motifs is 1. The molecule has 0 fully saturated rings. The van der Waals surface area contributed by atoms with Gasteiger partial charge in [-0.15, -0.1) is 0 Å². The summed E-state index contributed by atoms with van der Waals surface area (Å²) in [4.78, 5) is 4.42. The largest absolute Gasteiger partial charge is 0.311 e. The maximum Gasteiger partial charge on any atom is 0.0539 e. The Hall–Kier alpha value is -4.56. The molecule has 0 atom stereocenters. The maximum atomic E-state index is 4.28. The van der Waals surface area contributed by atoms with Crippen molar-refractivity contribution in [3.8, 4) is 0 Å². The first-order valence-corrected chi connectivity index (χ1v) is 11.4. The molecule has 2 heteroatoms. The molecule has 0 aliphatic rings. The lowest BCUT2D eigenvalue weighted by atomic mass is 10.1. The van der Waals surface area contributed by atoms with Gasteiger partial charge in [-0.2, -0.15) is 0 Å². The predicted octanol–water partition coefficient (Wildman–Crippen LogP) is 9.15. The van der Waals surface area contributed by atoms with E-state index in [4.69, 9.17) is 0 Å². The molecule has 5 rings (SSSR count). The van der Waals surface area contributed by atoms with Crippen LogP contribution in [-0.2, 0) is 0 Å². The van der Waals surface area contributed by atoms with Crippen LogP contribution in [-0.4, -0.2) is 0 Å². The van der Waals surface area contributed by atoms with Crippen molar-refractivity contribution >= 4 is 39.2 Å². The van der Waals surface area contributed by atoms with Crippen molar-refractivity contribution in [1.29, 1.82) is 0 Å². The van der Waals surface area contributed by atoms with Crippen molar-refractivity contribution < 1.29 is 0 Å². The molecule has 0 radical (unpaired) electrons. The Morgan fingerprint density at radius 2 is 1.03 bits per heavy atom. The fourth-order valence-corrected chi connectivity index (χ4v) is 4.31. The number of allylic oxidation sites excluding steroid dienone is 1. The molecule has 5 aromatic carbocycles. The van der Waals surface area contributed by atoms with E-state index in [-0.39, 0.29) is 0 Å². The number of hydrogen-bond donors (Lipinski definition) is 0. The second kappa shape index (κ2) is 9.51. The number of nitrogens with zero attached hydrogens (tertiary/aromatic N) is 2. The number of rotatable bonds is 7. The third-order valence-corrected chi connectivity index (χ3v) is 5.93. The Bertz CT molecular complexity index is 1380. The molecule has 0 spiro atoms. The SMILES string of the molecule is C=CC(=C)N(c1ccc(N(c2ccccc2)c2ccccc2)cc1)c1cccc2ccccc12. The van der Waals surface area contributed by atoms with E-state index in [1.807, 2.05) is 12.1 Å². The summed E-state index contributed by atoms with van der Waals surface area (Å²) in [5, 5.41) is 2.37. The third kappa shape index (κ3) is 4.10. The van der Waals surface area contributed by atoms with E-state index >= 15 is 0 Å². The monoisotopic (exact) mass is 438 g/mol. The minimum Gasteiger partial charge on any atom is -0.311 e. The topological polar surface area (TPSA) is 6.48 Å². The van der Waals surface area contributed by atoms with Crippen molar-refractivity contribution in [3.63, 3.8) is 0 Å². The van der Waals surface area contributed by atoms with Crippen LogP contribution >= 0.6 is 0 Å². The lowest BCUT2D eigenvalue weighted by molar-refractivity contribution is 1.22. The van der Waals surface area contributed by atoms with E-state index in [0.717, 1.165) is 34.1 Å². The standard InChI is InChI=1S/C32H26N2/c1-3-25(2)33(32-20-12-14-26-13-10-11-19-31(26)32)29-21-23-30(24-22-29)34(27-15-6-4-7-16-27)28-17-8-5-9-18-28/h3-24H,1-2H2. The fraction of sp³-hybridized carbons (Fsp3) is 0. The van der Waals surface area contributed by atoms with Crippen LogP contribution in [0.4, 0.5) is 28.4 Å². The van der Waals surface area contributed by atoms with Crippen molar-refractivity contribution in [1.82, 2.24) is 0 Å². The highest BCUT2D eigenvalue weighted by Gasteiger charge is 2.16. The molecule has 0 saturated carbocycles. The van der Waals surface area contributed by atoms with Crippen LogP contribution in [0, 0.1) is 0 Å². The Morgan fingerprint density at radius 3 is 1.65 bits per heavy atom. The average molecular weight is 439 g/mol. The zero-order valence-electron chi connectivity index (χ0n) is 19.0. The Morgan fingerprint density at radius 1 is 0.529 bits per heavy atom. The number of anilines is 5. The summed E-state index contributed by atoms with van der Waals surface area (Å²) in [6.45, 7) is 8.27. The van der Waals surface area contributed by atoms with Gasteiger partial charge in [-0.1, -0.05) is 86.0 Å². The van der Waals surface area contributed by atoms with E-state index in [2.05, 4.69) is 138 Å². The minimum absolute atomic E-state index is 0.826. The van der Waals surface area contributed by atoms with Crippen LogP contribution in [0.5, 0.6) is 0 Å². The molecule has 0 amide bonds. The lowest BCUT2D eigenvalue weighted by Crippen LogP contribution is -2.15. The first-order chi connectivity index (χ1) is 16.8. The summed E-state index contributed by atoms with van der Waals surface area (Å²) < 4.78 is 0. The van der Waals surface area contributed by atoms with E-state index in [1.165, 1.54) is 10.8 Å². The van der Waals surface area contributed by atoms with Gasteiger partial charge in [0.2, 0.25) is 0 Å². The van der Waals surface area contributed by atoms with Gasteiger partial charge in [-0.05, 0) is 66.1 Å². The highest BCUT2D eigenvalue weighted by Crippen LogP contribution is 2.38. The Labute approximate surface area is 201 Å². The summed E-state index contributed by atoms with van der Waals surface area (Å²) in [5.74, 6) is 0. The molecule has 0 aliphatic carbocycles. The normalized spacial score (nSPS) is 10.6. The highest BCUT2D eigenvalue weighted by molar-refractivity contribution is 5.97. The van der Waals surface area contributed by atoms with Gasteiger partial charge < -0.3 is 9.80 Å². The van der Waals surface area contributed by atoms with Crippen LogP contribution < -0.4 is 9.80 Å². The number of hydrogen-bond acceptors (Lipinski definition) is 2. The van der Waals surface area contributed by atoms with E-state index < -0.39 is 0 Å². The first-order valence-electron chi connectivity index (χ1n) is 11.4. The fourth-order valence-electron chi connectivity index (χ4n) is 4.31. The minimum atomic E-state index is 0.826. The zero-order chi connectivity index (χ0) is 23.3. The number of benzene rings is 5. The third-order valence-electron chi connectivity index (χ3n) is 5.93. The molecule has 164 valence electrons. The van der Waals surface area contributed by atoms with Crippen LogP contribution in [0.3, 0.4) is 0 Å². The summed E-state index contributed by atoms with van der Waals surface area (Å²) in [6, 6.07) is 44.2. The van der Waals surface area contributed by atoms with Gasteiger partial charge in [0.15, 0.2) is 0 Å². The summed E-state index contributed by atoms with van der Waals surface area (Å²) >= 11 is 0. The molecule has 34 heavy (non-hydrogen) atoms. The van der Waals surface area contributed by atoms with E-state index in [1.54, 1.807) is 6.08 Å². The van der Waals surface area contributed by atoms with Gasteiger partial charge in [-0.25, -0.2) is 0 Å². The second-order valence-corrected chi connectivity index (χ2v) is 8.05. The molecular formula is C32H26N2. The summed E-state index contributed by atoms with van der Waals surface area (Å²) in [6.07, 6.45) is 1.80. The van der Waals surface area contributed by atoms with Gasteiger partial charge in [0.25, 0.3) is 0 Å². The molecule has 0 unspecified atom stereocenters. The molecule has 5 aromatic rings. The van der Waals surface area contributed by atoms with Gasteiger partial charge in [-0.3, -0.25) is 0 Å². The highest BCUT2D eigenvalue weighted by atomic mass is 15.2. The zero-order valence-corrected chi connectivity index (χ0v) is 19.0. The van der Waals surface area contributed by atoms with Crippen LogP contribution in [0.2, 0.25) is 0 Å². The van der Waals surface area contributed by atoms with Gasteiger partial charge in [0.05, 0.1) is 5.69 Å². The van der Waals surface area contributed by atoms with Crippen molar-refractivity contribution in [2.24, 2.45) is 0 Å². The summed E-state index contributed by atoms with van der Waals surface area (Å²) in [5.41, 5.74) is 6.26. The molecule has 0 saturated heterocycles. The molecule has 0 N–H and O–H groups in total. The van der Waals surface area contributed by atoms with Crippen molar-refractivity contribution in [3.05, 3.63) is 152 Å². The summed E-state index contributed by atoms with van der Waals surface area (Å²) in [7, 11) is 0. The molecule has 0 bridgehead atoms. The van der Waals surface area contributed by atoms with Crippen molar-refractivity contribution in [2.45, 2.75) is 0 Å². The predicted molar refractivity (Wildman–Crippen MR) is 147 cm³/mol. The smallest absolute Gasteiger partial charge is 0.0539 e. The van der Waals surface area contributed by atoms with Gasteiger partial charge in [0.1, 0.15) is 0 Å². The number of para-hydroxylation sites is 2. The van der Waals surface area contributed by atoms with Gasteiger partial charge in [0, 0.05) is 33.8 Å². The lowest BCUT2D eigenvalue weighted by Gasteiger charge is -2.29. The maximum absolute atomic E-state index is 4.28. The molecule has 0 heterocycles. The molecule has 0 aromatic heterocycles. The van der Waals surface area contributed by atoms with Crippen LogP contribution in [0.25, 0.3) is 10.8 Å². The van der Waals surface area contributed by atoms with E-state index in [9.17, 15) is 0 Å². The second-order valence-electron chi connectivity index (χ2n) is 8.05. The van der Waals surface area contributed by atoms with E-state index in [0.29, 0.717) is 0 Å². The average Bonchev–Trinajstić information content (AvgIpc) is 2.91. The van der Waals surface area contributed by atoms with Crippen molar-refractivity contribution in [2.75, 3.05) is 9.80 Å². The molecular weight excluding hydrogens is 412 g/mol. The first kappa shape index (κ1) is 21.3. The Kier molecular flexibility index (Phi) is 5.96. The van der Waals surface area contributed by atoms with Gasteiger partial charge >= 0.3 is 0 Å². The molecule has 0 aliphatic heterocycles. The van der Waals surface area contributed by atoms with Crippen LogP contribution in [0.1, 0.15) is 0 Å². The Balaban J connectivity index is 1.59. The quantitative estimate of drug-likeness (QED) is 0.234.